The topological polar surface area (TPSA) is 40.5 Å². The molecule has 0 saturated carbocycles. The number of likely N-dealkylation sites (tertiary alicyclic amines) is 1. The van der Waals surface area contributed by atoms with Crippen molar-refractivity contribution in [2.45, 2.75) is 12.5 Å². The van der Waals surface area contributed by atoms with Gasteiger partial charge in [-0.25, -0.2) is 0 Å². The van der Waals surface area contributed by atoms with Crippen molar-refractivity contribution >= 4 is 21.8 Å². The maximum atomic E-state index is 12.0. The average molecular weight is 270 g/mol. The number of β-amino-alcohol motifs (C(OH)–C–C–N with tert-alkyl or cyclic N) is 1. The first kappa shape index (κ1) is 10.6. The number of amides is 1. The number of halogens is 1. The van der Waals surface area contributed by atoms with E-state index in [0.29, 0.717) is 25.1 Å². The van der Waals surface area contributed by atoms with Crippen molar-refractivity contribution in [1.29, 1.82) is 0 Å². The molecule has 0 bridgehead atoms. The Hall–Kier alpha value is -0.870. The zero-order valence-electron chi connectivity index (χ0n) is 8.19. The third-order valence-electron chi connectivity index (χ3n) is 2.55. The van der Waals surface area contributed by atoms with Crippen molar-refractivity contribution in [2.75, 3.05) is 13.1 Å². The van der Waals surface area contributed by atoms with Crippen LogP contribution in [-0.4, -0.2) is 35.1 Å². The SMILES string of the molecule is O=C(c1ccccc1Br)N1CC[C@H](O)C1. The lowest BCUT2D eigenvalue weighted by molar-refractivity contribution is 0.0764. The van der Waals surface area contributed by atoms with Crippen LogP contribution in [0.4, 0.5) is 0 Å². The Bertz CT molecular complexity index is 381. The van der Waals surface area contributed by atoms with Gasteiger partial charge in [0.05, 0.1) is 11.7 Å². The van der Waals surface area contributed by atoms with Crippen molar-refractivity contribution in [1.82, 2.24) is 4.90 Å². The van der Waals surface area contributed by atoms with Crippen LogP contribution in [0.5, 0.6) is 0 Å². The highest BCUT2D eigenvalue weighted by atomic mass is 79.9. The van der Waals surface area contributed by atoms with Gasteiger partial charge in [0.15, 0.2) is 0 Å². The lowest BCUT2D eigenvalue weighted by atomic mass is 10.2. The fourth-order valence-electron chi connectivity index (χ4n) is 1.73. The van der Waals surface area contributed by atoms with E-state index in [9.17, 15) is 9.90 Å². The minimum Gasteiger partial charge on any atom is -0.391 e. The summed E-state index contributed by atoms with van der Waals surface area (Å²) < 4.78 is 0.802. The van der Waals surface area contributed by atoms with Crippen LogP contribution < -0.4 is 0 Å². The number of carbonyl (C=O) groups excluding carboxylic acids is 1. The van der Waals surface area contributed by atoms with Crippen LogP contribution in [0, 0.1) is 0 Å². The Labute approximate surface area is 96.8 Å². The molecule has 1 aliphatic rings. The highest BCUT2D eigenvalue weighted by molar-refractivity contribution is 9.10. The lowest BCUT2D eigenvalue weighted by Crippen LogP contribution is -2.29. The fourth-order valence-corrected chi connectivity index (χ4v) is 2.19. The van der Waals surface area contributed by atoms with Crippen LogP contribution in [0.25, 0.3) is 0 Å². The van der Waals surface area contributed by atoms with Crippen LogP contribution >= 0.6 is 15.9 Å². The zero-order chi connectivity index (χ0) is 10.8. The molecule has 1 heterocycles. The quantitative estimate of drug-likeness (QED) is 0.843. The summed E-state index contributed by atoms with van der Waals surface area (Å²) in [6.45, 7) is 1.08. The second-order valence-electron chi connectivity index (χ2n) is 3.67. The minimum atomic E-state index is -0.364. The van der Waals surface area contributed by atoms with E-state index in [2.05, 4.69) is 15.9 Å². The lowest BCUT2D eigenvalue weighted by Gasteiger charge is -2.16. The van der Waals surface area contributed by atoms with Gasteiger partial charge in [0.25, 0.3) is 5.91 Å². The Morgan fingerprint density at radius 1 is 1.47 bits per heavy atom. The zero-order valence-corrected chi connectivity index (χ0v) is 9.77. The molecule has 3 nitrogen and oxygen atoms in total. The molecular weight excluding hydrogens is 258 g/mol. The summed E-state index contributed by atoms with van der Waals surface area (Å²) in [6.07, 6.45) is 0.312. The Balaban J connectivity index is 2.18. The first-order chi connectivity index (χ1) is 7.18. The molecule has 15 heavy (non-hydrogen) atoms. The Morgan fingerprint density at radius 2 is 2.20 bits per heavy atom. The van der Waals surface area contributed by atoms with Gasteiger partial charge in [-0.2, -0.15) is 0 Å². The molecule has 4 heteroatoms. The highest BCUT2D eigenvalue weighted by Crippen LogP contribution is 2.20. The summed E-state index contributed by atoms with van der Waals surface area (Å²) in [5.41, 5.74) is 0.659. The van der Waals surface area contributed by atoms with E-state index in [1.54, 1.807) is 11.0 Å². The number of nitrogens with zero attached hydrogens (tertiary/aromatic N) is 1. The van der Waals surface area contributed by atoms with Gasteiger partial charge >= 0.3 is 0 Å². The number of aliphatic hydroxyl groups is 1. The molecule has 1 fully saturated rings. The normalized spacial score (nSPS) is 20.7. The number of rotatable bonds is 1. The Kier molecular flexibility index (Phi) is 3.07. The molecule has 1 saturated heterocycles. The van der Waals surface area contributed by atoms with Crippen LogP contribution in [0.3, 0.4) is 0 Å². The molecule has 80 valence electrons. The first-order valence-corrected chi connectivity index (χ1v) is 5.69. The van der Waals surface area contributed by atoms with E-state index in [-0.39, 0.29) is 12.0 Å². The Morgan fingerprint density at radius 3 is 2.80 bits per heavy atom. The summed E-state index contributed by atoms with van der Waals surface area (Å²) in [7, 11) is 0. The molecule has 0 spiro atoms. The van der Waals surface area contributed by atoms with Crippen LogP contribution in [-0.2, 0) is 0 Å². The van der Waals surface area contributed by atoms with Gasteiger partial charge in [-0.15, -0.1) is 0 Å². The third-order valence-corrected chi connectivity index (χ3v) is 3.25. The van der Waals surface area contributed by atoms with Gasteiger partial charge in [0.1, 0.15) is 0 Å². The molecule has 0 aliphatic carbocycles. The predicted molar refractivity (Wildman–Crippen MR) is 60.7 cm³/mol. The van der Waals surface area contributed by atoms with E-state index in [1.165, 1.54) is 0 Å². The van der Waals surface area contributed by atoms with Gasteiger partial charge in [-0.1, -0.05) is 12.1 Å². The smallest absolute Gasteiger partial charge is 0.255 e. The summed E-state index contributed by atoms with van der Waals surface area (Å²) >= 11 is 3.35. The van der Waals surface area contributed by atoms with Crippen LogP contribution in [0.1, 0.15) is 16.8 Å². The molecule has 1 amide bonds. The standard InChI is InChI=1S/C11H12BrNO2/c12-10-4-2-1-3-9(10)11(15)13-6-5-8(14)7-13/h1-4,8,14H,5-7H2/t8-/m0/s1. The number of benzene rings is 1. The fraction of sp³-hybridized carbons (Fsp3) is 0.364. The van der Waals surface area contributed by atoms with E-state index in [4.69, 9.17) is 0 Å². The molecule has 0 aromatic heterocycles. The molecule has 1 aromatic rings. The molecule has 1 aliphatic heterocycles. The maximum absolute atomic E-state index is 12.0. The van der Waals surface area contributed by atoms with Gasteiger partial charge in [0.2, 0.25) is 0 Å². The molecule has 1 N–H and O–H groups in total. The number of hydrogen-bond acceptors (Lipinski definition) is 2. The van der Waals surface area contributed by atoms with Crippen LogP contribution in [0.2, 0.25) is 0 Å². The average Bonchev–Trinajstić information content (AvgIpc) is 2.65. The van der Waals surface area contributed by atoms with E-state index in [0.717, 1.165) is 4.47 Å². The first-order valence-electron chi connectivity index (χ1n) is 4.90. The number of hydrogen-bond donors (Lipinski definition) is 1. The molecule has 1 atom stereocenters. The van der Waals surface area contributed by atoms with Crippen LogP contribution in [0.15, 0.2) is 28.7 Å². The van der Waals surface area contributed by atoms with Gasteiger partial charge in [-0.3, -0.25) is 4.79 Å². The monoisotopic (exact) mass is 269 g/mol. The van der Waals surface area contributed by atoms with Gasteiger partial charge in [0, 0.05) is 17.6 Å². The van der Waals surface area contributed by atoms with Crippen molar-refractivity contribution in [2.24, 2.45) is 0 Å². The van der Waals surface area contributed by atoms with Crippen molar-refractivity contribution < 1.29 is 9.90 Å². The molecule has 0 radical (unpaired) electrons. The summed E-state index contributed by atoms with van der Waals surface area (Å²) in [4.78, 5) is 13.7. The predicted octanol–water partition coefficient (Wildman–Crippen LogP) is 1.66. The second kappa shape index (κ2) is 4.33. The molecule has 0 unspecified atom stereocenters. The molecule has 2 rings (SSSR count). The summed E-state index contributed by atoms with van der Waals surface area (Å²) in [5, 5.41) is 9.36. The van der Waals surface area contributed by atoms with Crippen molar-refractivity contribution in [3.05, 3.63) is 34.3 Å². The summed E-state index contributed by atoms with van der Waals surface area (Å²) in [6, 6.07) is 7.35. The van der Waals surface area contributed by atoms with E-state index < -0.39 is 0 Å². The molecule has 1 aromatic carbocycles. The van der Waals surface area contributed by atoms with Crippen molar-refractivity contribution in [3.63, 3.8) is 0 Å². The highest BCUT2D eigenvalue weighted by Gasteiger charge is 2.26. The van der Waals surface area contributed by atoms with E-state index >= 15 is 0 Å². The van der Waals surface area contributed by atoms with E-state index in [1.807, 2.05) is 18.2 Å². The number of carbonyl (C=O) groups is 1. The van der Waals surface area contributed by atoms with Gasteiger partial charge < -0.3 is 10.0 Å². The third kappa shape index (κ3) is 2.21. The minimum absolute atomic E-state index is 0.0148. The van der Waals surface area contributed by atoms with Gasteiger partial charge in [-0.05, 0) is 34.5 Å². The largest absolute Gasteiger partial charge is 0.391 e. The summed E-state index contributed by atoms with van der Waals surface area (Å²) in [5.74, 6) is -0.0148. The second-order valence-corrected chi connectivity index (χ2v) is 4.53. The maximum Gasteiger partial charge on any atom is 0.255 e. The van der Waals surface area contributed by atoms with Crippen molar-refractivity contribution in [3.8, 4) is 0 Å². The number of aliphatic hydroxyl groups excluding tert-OH is 1. The molecular formula is C11H12BrNO2.